The van der Waals surface area contributed by atoms with Crippen molar-refractivity contribution in [2.45, 2.75) is 52.4 Å². The van der Waals surface area contributed by atoms with Crippen molar-refractivity contribution in [1.29, 1.82) is 0 Å². The van der Waals surface area contributed by atoms with Gasteiger partial charge in [0.1, 0.15) is 17.2 Å². The first kappa shape index (κ1) is 25.0. The van der Waals surface area contributed by atoms with Gasteiger partial charge in [0.25, 0.3) is 0 Å². The van der Waals surface area contributed by atoms with Gasteiger partial charge in [-0.3, -0.25) is 4.99 Å². The maximum atomic E-state index is 12.4. The van der Waals surface area contributed by atoms with E-state index >= 15 is 0 Å². The Balaban J connectivity index is 1.56. The number of unbranched alkanes of at least 4 members (excludes halogenated alkanes) is 3. The highest BCUT2D eigenvalue weighted by atomic mass is 16.5. The van der Waals surface area contributed by atoms with Crippen molar-refractivity contribution in [3.63, 3.8) is 0 Å². The molecule has 0 aliphatic heterocycles. The average Bonchev–Trinajstić information content (AvgIpc) is 2.85. The van der Waals surface area contributed by atoms with Crippen LogP contribution in [0.25, 0.3) is 0 Å². The first-order chi connectivity index (χ1) is 16.6. The summed E-state index contributed by atoms with van der Waals surface area (Å²) in [7, 11) is 0. The minimum atomic E-state index is -0.500. The van der Waals surface area contributed by atoms with Crippen molar-refractivity contribution in [1.82, 2.24) is 0 Å². The quantitative estimate of drug-likeness (QED) is 0.134. The number of hydrogen-bond acceptors (Lipinski definition) is 5. The molecule has 0 unspecified atom stereocenters. The SMILES string of the molecule is CCCCCc1ccc(N=Cc2ccc(OC(=O)c3ccc(OCCCC)cc3)cc2O)cc1. The van der Waals surface area contributed by atoms with Crippen molar-refractivity contribution >= 4 is 17.9 Å². The lowest BCUT2D eigenvalue weighted by molar-refractivity contribution is 0.0734. The molecule has 0 saturated carbocycles. The van der Waals surface area contributed by atoms with Crippen LogP contribution in [0.4, 0.5) is 5.69 Å². The Morgan fingerprint density at radius 2 is 1.59 bits per heavy atom. The predicted octanol–water partition coefficient (Wildman–Crippen LogP) is 7.27. The number of carbonyl (C=O) groups excluding carboxylic acids is 1. The van der Waals surface area contributed by atoms with Gasteiger partial charge in [-0.2, -0.15) is 0 Å². The Kier molecular flexibility index (Phi) is 9.71. The molecule has 5 heteroatoms. The monoisotopic (exact) mass is 459 g/mol. The lowest BCUT2D eigenvalue weighted by Crippen LogP contribution is -2.08. The van der Waals surface area contributed by atoms with Crippen molar-refractivity contribution in [2.75, 3.05) is 6.61 Å². The number of aliphatic imine (C=N–C) groups is 1. The molecule has 0 saturated heterocycles. The summed E-state index contributed by atoms with van der Waals surface area (Å²) in [6.07, 6.45) is 8.38. The number of phenols is 1. The van der Waals surface area contributed by atoms with Crippen LogP contribution in [0.5, 0.6) is 17.2 Å². The number of benzene rings is 3. The fraction of sp³-hybridized carbons (Fsp3) is 0.310. The molecule has 34 heavy (non-hydrogen) atoms. The molecule has 0 bridgehead atoms. The van der Waals surface area contributed by atoms with Crippen molar-refractivity contribution in [3.05, 3.63) is 83.4 Å². The maximum absolute atomic E-state index is 12.4. The molecule has 178 valence electrons. The third-order valence-electron chi connectivity index (χ3n) is 5.43. The number of hydrogen-bond donors (Lipinski definition) is 1. The standard InChI is InChI=1S/C29H33NO4/c1-3-5-7-8-22-9-14-25(15-10-22)30-21-24-13-18-27(20-28(24)31)34-29(32)23-11-16-26(17-12-23)33-19-6-4-2/h9-18,20-21,31H,3-8,19H2,1-2H3. The molecule has 0 spiro atoms. The Labute approximate surface area is 202 Å². The summed E-state index contributed by atoms with van der Waals surface area (Å²) in [4.78, 5) is 16.9. The molecule has 0 aliphatic rings. The van der Waals surface area contributed by atoms with Crippen LogP contribution in [0.3, 0.4) is 0 Å². The van der Waals surface area contributed by atoms with Gasteiger partial charge in [0.2, 0.25) is 0 Å². The second kappa shape index (κ2) is 13.2. The van der Waals surface area contributed by atoms with E-state index in [4.69, 9.17) is 9.47 Å². The molecular formula is C29H33NO4. The smallest absolute Gasteiger partial charge is 0.343 e. The highest BCUT2D eigenvalue weighted by Crippen LogP contribution is 2.24. The van der Waals surface area contributed by atoms with Gasteiger partial charge in [-0.05, 0) is 73.4 Å². The molecule has 0 amide bonds. The van der Waals surface area contributed by atoms with E-state index in [1.807, 2.05) is 12.1 Å². The van der Waals surface area contributed by atoms with Crippen LogP contribution >= 0.6 is 0 Å². The minimum Gasteiger partial charge on any atom is -0.507 e. The Bertz CT molecular complexity index is 1070. The third-order valence-corrected chi connectivity index (χ3v) is 5.43. The summed E-state index contributed by atoms with van der Waals surface area (Å²) in [6, 6.07) is 19.7. The molecule has 0 atom stereocenters. The van der Waals surface area contributed by atoms with Crippen LogP contribution in [0, 0.1) is 0 Å². The zero-order chi connectivity index (χ0) is 24.2. The van der Waals surface area contributed by atoms with E-state index < -0.39 is 5.97 Å². The highest BCUT2D eigenvalue weighted by molar-refractivity contribution is 5.91. The second-order valence-corrected chi connectivity index (χ2v) is 8.22. The third kappa shape index (κ3) is 7.77. The number of esters is 1. The number of aromatic hydroxyl groups is 1. The summed E-state index contributed by atoms with van der Waals surface area (Å²) in [5, 5.41) is 10.4. The number of rotatable bonds is 12. The fourth-order valence-electron chi connectivity index (χ4n) is 3.36. The van der Waals surface area contributed by atoms with Gasteiger partial charge in [-0.25, -0.2) is 4.79 Å². The van der Waals surface area contributed by atoms with E-state index in [1.165, 1.54) is 30.9 Å². The summed E-state index contributed by atoms with van der Waals surface area (Å²) in [5.41, 5.74) is 3.07. The van der Waals surface area contributed by atoms with Crippen LogP contribution in [-0.4, -0.2) is 23.9 Å². The molecule has 3 aromatic rings. The van der Waals surface area contributed by atoms with Crippen molar-refractivity contribution in [2.24, 2.45) is 4.99 Å². The van der Waals surface area contributed by atoms with E-state index in [0.29, 0.717) is 17.7 Å². The van der Waals surface area contributed by atoms with Crippen LogP contribution in [0.2, 0.25) is 0 Å². The molecule has 3 aromatic carbocycles. The number of phenolic OH excluding ortho intramolecular Hbond substituents is 1. The first-order valence-electron chi connectivity index (χ1n) is 12.0. The van der Waals surface area contributed by atoms with Crippen LogP contribution < -0.4 is 9.47 Å². The molecule has 0 radical (unpaired) electrons. The van der Waals surface area contributed by atoms with E-state index in [1.54, 1.807) is 42.6 Å². The van der Waals surface area contributed by atoms with Crippen LogP contribution in [0.15, 0.2) is 71.7 Å². The largest absolute Gasteiger partial charge is 0.507 e. The highest BCUT2D eigenvalue weighted by Gasteiger charge is 2.10. The van der Waals surface area contributed by atoms with E-state index in [9.17, 15) is 9.90 Å². The van der Waals surface area contributed by atoms with Crippen molar-refractivity contribution < 1.29 is 19.4 Å². The van der Waals surface area contributed by atoms with Gasteiger partial charge in [0, 0.05) is 17.8 Å². The molecule has 0 aliphatic carbocycles. The first-order valence-corrected chi connectivity index (χ1v) is 12.0. The van der Waals surface area contributed by atoms with Gasteiger partial charge >= 0.3 is 5.97 Å². The average molecular weight is 460 g/mol. The van der Waals surface area contributed by atoms with Crippen molar-refractivity contribution in [3.8, 4) is 17.2 Å². The molecular weight excluding hydrogens is 426 g/mol. The maximum Gasteiger partial charge on any atom is 0.343 e. The molecule has 0 fully saturated rings. The number of carbonyl (C=O) groups is 1. The lowest BCUT2D eigenvalue weighted by atomic mass is 10.1. The predicted molar refractivity (Wildman–Crippen MR) is 137 cm³/mol. The Morgan fingerprint density at radius 1 is 0.882 bits per heavy atom. The van der Waals surface area contributed by atoms with E-state index in [0.717, 1.165) is 30.7 Å². The molecule has 5 nitrogen and oxygen atoms in total. The second-order valence-electron chi connectivity index (χ2n) is 8.22. The van der Waals surface area contributed by atoms with Gasteiger partial charge in [-0.15, -0.1) is 0 Å². The normalized spacial score (nSPS) is 11.0. The number of aryl methyl sites for hydroxylation is 1. The van der Waals surface area contributed by atoms with Gasteiger partial charge in [0.05, 0.1) is 17.9 Å². The lowest BCUT2D eigenvalue weighted by Gasteiger charge is -2.08. The summed E-state index contributed by atoms with van der Waals surface area (Å²) < 4.78 is 11.0. The number of ether oxygens (including phenoxy) is 2. The Hall–Kier alpha value is -3.60. The topological polar surface area (TPSA) is 68.1 Å². The minimum absolute atomic E-state index is 0.00934. The van der Waals surface area contributed by atoms with E-state index in [2.05, 4.69) is 31.0 Å². The van der Waals surface area contributed by atoms with Gasteiger partial charge < -0.3 is 14.6 Å². The van der Waals surface area contributed by atoms with Crippen LogP contribution in [-0.2, 0) is 6.42 Å². The zero-order valence-corrected chi connectivity index (χ0v) is 20.0. The molecule has 0 heterocycles. The van der Waals surface area contributed by atoms with E-state index in [-0.39, 0.29) is 11.5 Å². The Morgan fingerprint density at radius 3 is 2.26 bits per heavy atom. The number of nitrogens with zero attached hydrogens (tertiary/aromatic N) is 1. The summed E-state index contributed by atoms with van der Waals surface area (Å²) >= 11 is 0. The fourth-order valence-corrected chi connectivity index (χ4v) is 3.36. The molecule has 0 aromatic heterocycles. The summed E-state index contributed by atoms with van der Waals surface area (Å²) in [5.74, 6) is 0.474. The van der Waals surface area contributed by atoms with Gasteiger partial charge in [0.15, 0.2) is 0 Å². The zero-order valence-electron chi connectivity index (χ0n) is 20.0. The molecule has 3 rings (SSSR count). The molecule has 1 N–H and O–H groups in total. The summed E-state index contributed by atoms with van der Waals surface area (Å²) in [6.45, 7) is 4.96. The van der Waals surface area contributed by atoms with Crippen LogP contribution in [0.1, 0.15) is 67.4 Å². The van der Waals surface area contributed by atoms with Gasteiger partial charge in [-0.1, -0.05) is 45.2 Å².